The average Bonchev–Trinajstić information content (AvgIpc) is 2.25. The molecule has 0 radical (unpaired) electrons. The van der Waals surface area contributed by atoms with E-state index in [0.717, 1.165) is 0 Å². The molecule has 1 rings (SSSR count). The molecular weight excluding hydrogens is 206 g/mol. The molecule has 1 heterocycles. The van der Waals surface area contributed by atoms with E-state index in [1.165, 1.54) is 0 Å². The highest BCUT2D eigenvalue weighted by molar-refractivity contribution is 5.91. The van der Waals surface area contributed by atoms with Crippen LogP contribution in [0, 0.1) is 0 Å². The second-order valence-electron chi connectivity index (χ2n) is 4.39. The average molecular weight is 223 g/mol. The highest BCUT2D eigenvalue weighted by atomic mass is 16.5. The van der Waals surface area contributed by atoms with Crippen LogP contribution >= 0.6 is 0 Å². The fourth-order valence-corrected chi connectivity index (χ4v) is 1.05. The van der Waals surface area contributed by atoms with E-state index in [1.807, 2.05) is 26.2 Å². The Morgan fingerprint density at radius 3 is 2.75 bits per heavy atom. The summed E-state index contributed by atoms with van der Waals surface area (Å²) in [5.41, 5.74) is 2.80. The minimum atomic E-state index is -0.405. The predicted octanol–water partition coefficient (Wildman–Crippen LogP) is 1.00. The molecule has 0 aliphatic rings. The van der Waals surface area contributed by atoms with Gasteiger partial charge >= 0.3 is 0 Å². The zero-order valence-electron chi connectivity index (χ0n) is 9.78. The number of amides is 1. The lowest BCUT2D eigenvalue weighted by molar-refractivity contribution is -0.0165. The van der Waals surface area contributed by atoms with Gasteiger partial charge in [0.05, 0.1) is 17.9 Å². The zero-order chi connectivity index (χ0) is 12.2. The molecular formula is C11H17N3O2. The lowest BCUT2D eigenvalue weighted by atomic mass is 10.2. The topological polar surface area (TPSA) is 77.2 Å². The highest BCUT2D eigenvalue weighted by Gasteiger charge is 2.11. The lowest BCUT2D eigenvalue weighted by Gasteiger charge is -2.19. The maximum absolute atomic E-state index is 11.2. The Labute approximate surface area is 95.0 Å². The van der Waals surface area contributed by atoms with Crippen LogP contribution in [0.3, 0.4) is 0 Å². The zero-order valence-corrected chi connectivity index (χ0v) is 9.78. The van der Waals surface area contributed by atoms with Gasteiger partial charge in [0, 0.05) is 0 Å². The number of pyridine rings is 1. The van der Waals surface area contributed by atoms with Gasteiger partial charge in [-0.2, -0.15) is 0 Å². The number of aromatic nitrogens is 1. The molecule has 5 heteroatoms. The van der Waals surface area contributed by atoms with Crippen LogP contribution in [-0.2, 0) is 11.3 Å². The first-order valence-corrected chi connectivity index (χ1v) is 5.03. The summed E-state index contributed by atoms with van der Waals surface area (Å²) in [6.45, 7) is 6.26. The van der Waals surface area contributed by atoms with Crippen molar-refractivity contribution in [2.24, 2.45) is 5.84 Å². The Balaban J connectivity index is 2.71. The van der Waals surface area contributed by atoms with Gasteiger partial charge in [0.2, 0.25) is 0 Å². The molecule has 0 saturated heterocycles. The van der Waals surface area contributed by atoms with Crippen molar-refractivity contribution in [3.63, 3.8) is 0 Å². The molecule has 0 atom stereocenters. The Kier molecular flexibility index (Phi) is 3.98. The number of carbonyl (C=O) groups excluding carboxylic acids is 1. The minimum absolute atomic E-state index is 0.228. The molecule has 1 amide bonds. The number of nitrogens with two attached hydrogens (primary N) is 1. The molecule has 3 N–H and O–H groups in total. The number of hydrogen-bond acceptors (Lipinski definition) is 4. The van der Waals surface area contributed by atoms with Crippen LogP contribution in [0.5, 0.6) is 0 Å². The first kappa shape index (κ1) is 12.6. The van der Waals surface area contributed by atoms with Crippen LogP contribution in [0.15, 0.2) is 18.2 Å². The molecule has 0 saturated carbocycles. The Bertz CT molecular complexity index is 372. The van der Waals surface area contributed by atoms with Crippen LogP contribution in [0.1, 0.15) is 37.0 Å². The summed E-state index contributed by atoms with van der Waals surface area (Å²) in [7, 11) is 0. The fourth-order valence-electron chi connectivity index (χ4n) is 1.05. The van der Waals surface area contributed by atoms with Gasteiger partial charge in [-0.25, -0.2) is 10.8 Å². The Morgan fingerprint density at radius 2 is 2.19 bits per heavy atom. The van der Waals surface area contributed by atoms with E-state index in [4.69, 9.17) is 10.6 Å². The third-order valence-electron chi connectivity index (χ3n) is 1.82. The third-order valence-corrected chi connectivity index (χ3v) is 1.82. The van der Waals surface area contributed by atoms with Crippen molar-refractivity contribution in [3.8, 4) is 0 Å². The molecule has 0 aliphatic carbocycles. The van der Waals surface area contributed by atoms with Crippen molar-refractivity contribution < 1.29 is 9.53 Å². The van der Waals surface area contributed by atoms with E-state index < -0.39 is 5.91 Å². The summed E-state index contributed by atoms with van der Waals surface area (Å²) >= 11 is 0. The summed E-state index contributed by atoms with van der Waals surface area (Å²) in [5, 5.41) is 0. The summed E-state index contributed by atoms with van der Waals surface area (Å²) < 4.78 is 5.56. The van der Waals surface area contributed by atoms with Crippen LogP contribution in [0.2, 0.25) is 0 Å². The Morgan fingerprint density at radius 1 is 1.50 bits per heavy atom. The number of hydrogen-bond donors (Lipinski definition) is 2. The van der Waals surface area contributed by atoms with Gasteiger partial charge < -0.3 is 4.74 Å². The maximum atomic E-state index is 11.2. The molecule has 0 aromatic carbocycles. The van der Waals surface area contributed by atoms with Gasteiger partial charge in [-0.1, -0.05) is 6.07 Å². The van der Waals surface area contributed by atoms with Crippen LogP contribution in [-0.4, -0.2) is 16.5 Å². The molecule has 0 fully saturated rings. The first-order chi connectivity index (χ1) is 7.42. The Hall–Kier alpha value is -1.46. The number of rotatable bonds is 3. The van der Waals surface area contributed by atoms with Gasteiger partial charge in [0.25, 0.3) is 5.91 Å². The second-order valence-corrected chi connectivity index (χ2v) is 4.39. The van der Waals surface area contributed by atoms with Crippen molar-refractivity contribution in [1.82, 2.24) is 10.4 Å². The number of nitrogens with zero attached hydrogens (tertiary/aromatic N) is 1. The van der Waals surface area contributed by atoms with Crippen molar-refractivity contribution in [1.29, 1.82) is 0 Å². The second kappa shape index (κ2) is 5.05. The maximum Gasteiger partial charge on any atom is 0.283 e. The molecule has 0 spiro atoms. The fraction of sp³-hybridized carbons (Fsp3) is 0.455. The monoisotopic (exact) mass is 223 g/mol. The summed E-state index contributed by atoms with van der Waals surface area (Å²) in [6, 6.07) is 5.15. The number of ether oxygens (including phenoxy) is 1. The number of nitrogen functional groups attached to an aromatic ring is 1. The van der Waals surface area contributed by atoms with Crippen LogP contribution < -0.4 is 11.3 Å². The molecule has 16 heavy (non-hydrogen) atoms. The molecule has 5 nitrogen and oxygen atoms in total. The van der Waals surface area contributed by atoms with E-state index in [2.05, 4.69) is 4.98 Å². The smallest absolute Gasteiger partial charge is 0.283 e. The van der Waals surface area contributed by atoms with Crippen LogP contribution in [0.4, 0.5) is 0 Å². The van der Waals surface area contributed by atoms with Crippen molar-refractivity contribution >= 4 is 5.91 Å². The molecule has 88 valence electrons. The standard InChI is InChI=1S/C11H17N3O2/c1-11(2,3)16-7-8-5-4-6-9(13-8)10(15)14-12/h4-6H,7,12H2,1-3H3,(H,14,15). The van der Waals surface area contributed by atoms with Crippen molar-refractivity contribution in [3.05, 3.63) is 29.6 Å². The van der Waals surface area contributed by atoms with E-state index in [0.29, 0.717) is 12.3 Å². The molecule has 0 aliphatic heterocycles. The molecule has 0 unspecified atom stereocenters. The van der Waals surface area contributed by atoms with E-state index in [1.54, 1.807) is 18.2 Å². The first-order valence-electron chi connectivity index (χ1n) is 5.03. The number of hydrazine groups is 1. The normalized spacial score (nSPS) is 11.2. The van der Waals surface area contributed by atoms with Gasteiger partial charge in [0.1, 0.15) is 5.69 Å². The molecule has 1 aromatic rings. The largest absolute Gasteiger partial charge is 0.370 e. The van der Waals surface area contributed by atoms with Gasteiger partial charge in [0.15, 0.2) is 0 Å². The molecule has 0 bridgehead atoms. The summed E-state index contributed by atoms with van der Waals surface area (Å²) in [6.07, 6.45) is 0. The summed E-state index contributed by atoms with van der Waals surface area (Å²) in [5.74, 6) is 4.62. The summed E-state index contributed by atoms with van der Waals surface area (Å²) in [4.78, 5) is 15.4. The lowest BCUT2D eigenvalue weighted by Crippen LogP contribution is -2.31. The quantitative estimate of drug-likeness (QED) is 0.455. The minimum Gasteiger partial charge on any atom is -0.370 e. The van der Waals surface area contributed by atoms with Gasteiger partial charge in [-0.05, 0) is 32.9 Å². The van der Waals surface area contributed by atoms with E-state index in [-0.39, 0.29) is 11.3 Å². The van der Waals surface area contributed by atoms with E-state index in [9.17, 15) is 4.79 Å². The predicted molar refractivity (Wildman–Crippen MR) is 60.4 cm³/mol. The SMILES string of the molecule is CC(C)(C)OCc1cccc(C(=O)NN)n1. The van der Waals surface area contributed by atoms with Crippen molar-refractivity contribution in [2.75, 3.05) is 0 Å². The van der Waals surface area contributed by atoms with E-state index >= 15 is 0 Å². The highest BCUT2D eigenvalue weighted by Crippen LogP contribution is 2.10. The van der Waals surface area contributed by atoms with Gasteiger partial charge in [-0.15, -0.1) is 0 Å². The van der Waals surface area contributed by atoms with Gasteiger partial charge in [-0.3, -0.25) is 10.2 Å². The third kappa shape index (κ3) is 3.96. The number of nitrogens with one attached hydrogen (secondary N) is 1. The van der Waals surface area contributed by atoms with Crippen LogP contribution in [0.25, 0.3) is 0 Å². The molecule has 1 aromatic heterocycles. The number of carbonyl (C=O) groups is 1. The van der Waals surface area contributed by atoms with Crippen molar-refractivity contribution in [2.45, 2.75) is 33.0 Å².